The van der Waals surface area contributed by atoms with Crippen LogP contribution in [-0.2, 0) is 0 Å². The second-order valence-corrected chi connectivity index (χ2v) is 4.23. The molecule has 0 fully saturated rings. The number of hydrogen-bond donors (Lipinski definition) is 1. The highest BCUT2D eigenvalue weighted by Gasteiger charge is 2.05. The summed E-state index contributed by atoms with van der Waals surface area (Å²) >= 11 is 0. The molecular formula is C15H14N2O. The summed E-state index contributed by atoms with van der Waals surface area (Å²) in [6.45, 7) is 3.88. The normalized spacial score (nSPS) is 9.83. The molecule has 18 heavy (non-hydrogen) atoms. The summed E-state index contributed by atoms with van der Waals surface area (Å²) in [6, 6.07) is 13.1. The monoisotopic (exact) mass is 238 g/mol. The summed E-state index contributed by atoms with van der Waals surface area (Å²) in [7, 11) is 0. The van der Waals surface area contributed by atoms with Crippen LogP contribution in [0.25, 0.3) is 0 Å². The summed E-state index contributed by atoms with van der Waals surface area (Å²) < 4.78 is 5.69. The Morgan fingerprint density at radius 3 is 2.56 bits per heavy atom. The van der Waals surface area contributed by atoms with Crippen molar-refractivity contribution in [2.45, 2.75) is 13.8 Å². The van der Waals surface area contributed by atoms with Gasteiger partial charge in [-0.3, -0.25) is 0 Å². The van der Waals surface area contributed by atoms with E-state index in [1.165, 1.54) is 0 Å². The van der Waals surface area contributed by atoms with Crippen LogP contribution in [0.2, 0.25) is 0 Å². The molecule has 0 aliphatic carbocycles. The second kappa shape index (κ2) is 4.80. The summed E-state index contributed by atoms with van der Waals surface area (Å²) in [4.78, 5) is 0. The van der Waals surface area contributed by atoms with Gasteiger partial charge in [0.05, 0.1) is 5.56 Å². The predicted octanol–water partition coefficient (Wildman–Crippen LogP) is 3.55. The minimum Gasteiger partial charge on any atom is -0.456 e. The van der Waals surface area contributed by atoms with Gasteiger partial charge in [-0.15, -0.1) is 0 Å². The minimum atomic E-state index is 0.522. The minimum absolute atomic E-state index is 0.522. The number of benzene rings is 2. The van der Waals surface area contributed by atoms with Gasteiger partial charge < -0.3 is 10.5 Å². The first-order chi connectivity index (χ1) is 8.60. The molecule has 2 N–H and O–H groups in total. The van der Waals surface area contributed by atoms with Crippen LogP contribution in [0.15, 0.2) is 36.4 Å². The van der Waals surface area contributed by atoms with E-state index in [-0.39, 0.29) is 0 Å². The van der Waals surface area contributed by atoms with Crippen molar-refractivity contribution in [2.75, 3.05) is 5.73 Å². The van der Waals surface area contributed by atoms with Crippen molar-refractivity contribution in [1.82, 2.24) is 0 Å². The molecule has 0 bridgehead atoms. The molecule has 0 amide bonds. The maximum absolute atomic E-state index is 9.06. The smallest absolute Gasteiger partial charge is 0.145 e. The third-order valence-corrected chi connectivity index (χ3v) is 2.73. The summed E-state index contributed by atoms with van der Waals surface area (Å²) in [5.74, 6) is 1.19. The molecule has 3 nitrogen and oxygen atoms in total. The van der Waals surface area contributed by atoms with Crippen LogP contribution < -0.4 is 10.5 Å². The summed E-state index contributed by atoms with van der Waals surface area (Å²) in [6.07, 6.45) is 0. The average Bonchev–Trinajstić information content (AvgIpc) is 2.36. The lowest BCUT2D eigenvalue weighted by atomic mass is 10.1. The Balaban J connectivity index is 2.34. The van der Waals surface area contributed by atoms with Crippen molar-refractivity contribution in [3.05, 3.63) is 53.1 Å². The van der Waals surface area contributed by atoms with Gasteiger partial charge in [0, 0.05) is 11.8 Å². The number of nitrogens with zero attached hydrogens (tertiary/aromatic N) is 1. The van der Waals surface area contributed by atoms with Gasteiger partial charge in [-0.05, 0) is 43.2 Å². The molecular weight excluding hydrogens is 224 g/mol. The lowest BCUT2D eigenvalue weighted by Crippen LogP contribution is -1.93. The van der Waals surface area contributed by atoms with Gasteiger partial charge in [0.25, 0.3) is 0 Å². The van der Waals surface area contributed by atoms with Gasteiger partial charge in [0.1, 0.15) is 17.6 Å². The molecule has 0 radical (unpaired) electrons. The van der Waals surface area contributed by atoms with Gasteiger partial charge in [0.15, 0.2) is 0 Å². The number of aryl methyl sites for hydroxylation is 2. The Kier molecular flexibility index (Phi) is 3.20. The topological polar surface area (TPSA) is 59.0 Å². The first-order valence-corrected chi connectivity index (χ1v) is 5.65. The quantitative estimate of drug-likeness (QED) is 0.814. The lowest BCUT2D eigenvalue weighted by Gasteiger charge is -2.09. The molecule has 0 unspecified atom stereocenters. The number of anilines is 1. The average molecular weight is 238 g/mol. The van der Waals surface area contributed by atoms with Crippen molar-refractivity contribution in [3.8, 4) is 17.6 Å². The van der Waals surface area contributed by atoms with E-state index in [9.17, 15) is 0 Å². The molecule has 0 heterocycles. The molecule has 2 aromatic carbocycles. The van der Waals surface area contributed by atoms with Crippen LogP contribution in [0.1, 0.15) is 16.7 Å². The zero-order valence-electron chi connectivity index (χ0n) is 10.4. The third-order valence-electron chi connectivity index (χ3n) is 2.73. The highest BCUT2D eigenvalue weighted by Crippen LogP contribution is 2.28. The third kappa shape index (κ3) is 2.44. The van der Waals surface area contributed by atoms with Crippen LogP contribution in [0, 0.1) is 25.2 Å². The fourth-order valence-corrected chi connectivity index (χ4v) is 1.63. The number of nitriles is 1. The predicted molar refractivity (Wildman–Crippen MR) is 71.6 cm³/mol. The molecule has 0 saturated heterocycles. The van der Waals surface area contributed by atoms with Gasteiger partial charge in [-0.1, -0.05) is 12.1 Å². The van der Waals surface area contributed by atoms with E-state index in [1.54, 1.807) is 18.2 Å². The van der Waals surface area contributed by atoms with Gasteiger partial charge in [-0.2, -0.15) is 5.26 Å². The molecule has 0 saturated carbocycles. The van der Waals surface area contributed by atoms with E-state index < -0.39 is 0 Å². The van der Waals surface area contributed by atoms with Crippen molar-refractivity contribution < 1.29 is 4.74 Å². The Morgan fingerprint density at radius 2 is 1.89 bits per heavy atom. The molecule has 0 aliphatic heterocycles. The highest BCUT2D eigenvalue weighted by atomic mass is 16.5. The summed E-state index contributed by atoms with van der Waals surface area (Å²) in [5, 5.41) is 9.06. The van der Waals surface area contributed by atoms with Crippen LogP contribution in [0.5, 0.6) is 11.5 Å². The van der Waals surface area contributed by atoms with E-state index in [2.05, 4.69) is 6.07 Å². The standard InChI is InChI=1S/C15H14N2O/c1-10-3-6-15(12(7-10)9-16)18-13-5-4-11(2)14(17)8-13/h3-8H,17H2,1-2H3. The van der Waals surface area contributed by atoms with E-state index in [0.717, 1.165) is 11.1 Å². The van der Waals surface area contributed by atoms with Crippen molar-refractivity contribution in [1.29, 1.82) is 5.26 Å². The van der Waals surface area contributed by atoms with Crippen molar-refractivity contribution in [3.63, 3.8) is 0 Å². The Morgan fingerprint density at radius 1 is 1.11 bits per heavy atom. The number of hydrogen-bond acceptors (Lipinski definition) is 3. The number of nitrogens with two attached hydrogens (primary N) is 1. The van der Waals surface area contributed by atoms with E-state index >= 15 is 0 Å². The largest absolute Gasteiger partial charge is 0.456 e. The van der Waals surface area contributed by atoms with Crippen LogP contribution >= 0.6 is 0 Å². The SMILES string of the molecule is Cc1ccc(Oc2ccc(C)c(N)c2)c(C#N)c1. The van der Waals surface area contributed by atoms with Gasteiger partial charge in [-0.25, -0.2) is 0 Å². The zero-order valence-corrected chi connectivity index (χ0v) is 10.4. The van der Waals surface area contributed by atoms with E-state index in [0.29, 0.717) is 22.7 Å². The number of rotatable bonds is 2. The van der Waals surface area contributed by atoms with Gasteiger partial charge in [0.2, 0.25) is 0 Å². The Labute approximate surface area is 106 Å². The number of ether oxygens (including phenoxy) is 1. The van der Waals surface area contributed by atoms with E-state index in [4.69, 9.17) is 15.7 Å². The zero-order chi connectivity index (χ0) is 13.1. The van der Waals surface area contributed by atoms with Crippen LogP contribution in [-0.4, -0.2) is 0 Å². The number of nitrogen functional groups attached to an aromatic ring is 1. The lowest BCUT2D eigenvalue weighted by molar-refractivity contribution is 0.481. The molecule has 0 spiro atoms. The second-order valence-electron chi connectivity index (χ2n) is 4.23. The molecule has 2 rings (SSSR count). The van der Waals surface area contributed by atoms with Crippen LogP contribution in [0.4, 0.5) is 5.69 Å². The molecule has 3 heteroatoms. The maximum atomic E-state index is 9.06. The Bertz CT molecular complexity index is 627. The fourth-order valence-electron chi connectivity index (χ4n) is 1.63. The first-order valence-electron chi connectivity index (χ1n) is 5.65. The molecule has 90 valence electrons. The van der Waals surface area contributed by atoms with E-state index in [1.807, 2.05) is 32.0 Å². The molecule has 0 atom stereocenters. The van der Waals surface area contributed by atoms with Crippen LogP contribution in [0.3, 0.4) is 0 Å². The van der Waals surface area contributed by atoms with Gasteiger partial charge >= 0.3 is 0 Å². The first kappa shape index (κ1) is 12.0. The molecule has 0 aromatic heterocycles. The Hall–Kier alpha value is -2.47. The molecule has 0 aliphatic rings. The molecule has 2 aromatic rings. The summed E-state index contributed by atoms with van der Waals surface area (Å²) in [5.41, 5.74) is 9.06. The van der Waals surface area contributed by atoms with Crippen molar-refractivity contribution >= 4 is 5.69 Å². The van der Waals surface area contributed by atoms with Crippen molar-refractivity contribution in [2.24, 2.45) is 0 Å². The fraction of sp³-hybridized carbons (Fsp3) is 0.133. The highest BCUT2D eigenvalue weighted by molar-refractivity contribution is 5.53. The maximum Gasteiger partial charge on any atom is 0.145 e.